The lowest BCUT2D eigenvalue weighted by Gasteiger charge is -2.24. The molecule has 9 nitrogen and oxygen atoms in total. The van der Waals surface area contributed by atoms with E-state index in [0.29, 0.717) is 10.6 Å². The molecular formula is C23H25N3O6. The zero-order valence-electron chi connectivity index (χ0n) is 18.1. The largest absolute Gasteiger partial charge is 0.497 e. The van der Waals surface area contributed by atoms with Crippen LogP contribution in [-0.2, 0) is 20.9 Å². The van der Waals surface area contributed by atoms with E-state index in [9.17, 15) is 19.2 Å². The second kappa shape index (κ2) is 10.1. The second-order valence-electron chi connectivity index (χ2n) is 7.02. The Morgan fingerprint density at radius 1 is 1.06 bits per heavy atom. The van der Waals surface area contributed by atoms with Gasteiger partial charge in [-0.1, -0.05) is 30.3 Å². The number of nitrogens with zero attached hydrogens (tertiary/aromatic N) is 2. The van der Waals surface area contributed by atoms with Crippen molar-refractivity contribution in [3.63, 3.8) is 0 Å². The first-order valence-electron chi connectivity index (χ1n) is 10.1. The van der Waals surface area contributed by atoms with Crippen molar-refractivity contribution < 1.29 is 28.7 Å². The molecule has 1 aliphatic rings. The molecular weight excluding hydrogens is 414 g/mol. The number of ether oxygens (including phenoxy) is 2. The fourth-order valence-corrected chi connectivity index (χ4v) is 3.48. The molecule has 4 amide bonds. The molecule has 1 heterocycles. The molecule has 2 unspecified atom stereocenters. The van der Waals surface area contributed by atoms with E-state index in [1.165, 1.54) is 31.2 Å². The number of rotatable bonds is 9. The summed E-state index contributed by atoms with van der Waals surface area (Å²) in [4.78, 5) is 54.3. The summed E-state index contributed by atoms with van der Waals surface area (Å²) >= 11 is 0. The topological polar surface area (TPSA) is 105 Å². The van der Waals surface area contributed by atoms with Crippen molar-refractivity contribution >= 4 is 23.6 Å². The van der Waals surface area contributed by atoms with Gasteiger partial charge < -0.3 is 14.8 Å². The highest BCUT2D eigenvalue weighted by Crippen LogP contribution is 2.26. The maximum atomic E-state index is 13.3. The summed E-state index contributed by atoms with van der Waals surface area (Å²) in [6.07, 6.45) is -1.23. The maximum absolute atomic E-state index is 13.3. The molecule has 0 saturated carbocycles. The van der Waals surface area contributed by atoms with Crippen molar-refractivity contribution in [3.05, 3.63) is 65.7 Å². The fraction of sp³-hybridized carbons (Fsp3) is 0.304. The number of urea groups is 1. The predicted molar refractivity (Wildman–Crippen MR) is 115 cm³/mol. The van der Waals surface area contributed by atoms with Gasteiger partial charge >= 0.3 is 6.03 Å². The Hall–Kier alpha value is -3.72. The fourth-order valence-electron chi connectivity index (χ4n) is 3.48. The SMILES string of the molecule is CCOC1C(=O)N(C(C(=O)NC)C(=O)c2ccc(OC)cc2)C(=O)N1Cc1ccccc1. The summed E-state index contributed by atoms with van der Waals surface area (Å²) in [5.41, 5.74) is 0.938. The summed E-state index contributed by atoms with van der Waals surface area (Å²) in [5, 5.41) is 2.38. The van der Waals surface area contributed by atoms with Gasteiger partial charge in [0.05, 0.1) is 13.7 Å². The minimum Gasteiger partial charge on any atom is -0.497 e. The van der Waals surface area contributed by atoms with E-state index in [4.69, 9.17) is 9.47 Å². The molecule has 168 valence electrons. The Bertz CT molecular complexity index is 993. The normalized spacial score (nSPS) is 16.8. The van der Waals surface area contributed by atoms with Crippen LogP contribution < -0.4 is 10.1 Å². The van der Waals surface area contributed by atoms with Crippen molar-refractivity contribution in [2.75, 3.05) is 20.8 Å². The van der Waals surface area contributed by atoms with Crippen LogP contribution in [0, 0.1) is 0 Å². The molecule has 1 aliphatic heterocycles. The van der Waals surface area contributed by atoms with Crippen molar-refractivity contribution in [1.29, 1.82) is 0 Å². The third kappa shape index (κ3) is 4.47. The Kier molecular flexibility index (Phi) is 7.21. The number of carbonyl (C=O) groups is 4. The van der Waals surface area contributed by atoms with Crippen LogP contribution >= 0.6 is 0 Å². The van der Waals surface area contributed by atoms with Gasteiger partial charge in [-0.2, -0.15) is 0 Å². The third-order valence-electron chi connectivity index (χ3n) is 5.08. The first kappa shape index (κ1) is 23.0. The molecule has 0 aliphatic carbocycles. The first-order valence-corrected chi connectivity index (χ1v) is 10.1. The lowest BCUT2D eigenvalue weighted by molar-refractivity contribution is -0.144. The zero-order chi connectivity index (χ0) is 23.3. The van der Waals surface area contributed by atoms with Crippen LogP contribution in [0.2, 0.25) is 0 Å². The van der Waals surface area contributed by atoms with Crippen LogP contribution in [0.3, 0.4) is 0 Å². The minimum absolute atomic E-state index is 0.0871. The van der Waals surface area contributed by atoms with Crippen molar-refractivity contribution in [3.8, 4) is 5.75 Å². The number of carbonyl (C=O) groups excluding carboxylic acids is 4. The summed E-state index contributed by atoms with van der Waals surface area (Å²) in [7, 11) is 2.82. The highest BCUT2D eigenvalue weighted by atomic mass is 16.5. The molecule has 2 aromatic rings. The summed E-state index contributed by atoms with van der Waals surface area (Å²) < 4.78 is 10.6. The van der Waals surface area contributed by atoms with E-state index in [1.807, 2.05) is 30.3 Å². The maximum Gasteiger partial charge on any atom is 0.330 e. The number of nitrogens with one attached hydrogen (secondary N) is 1. The number of hydrogen-bond donors (Lipinski definition) is 1. The van der Waals surface area contributed by atoms with Gasteiger partial charge in [-0.15, -0.1) is 0 Å². The van der Waals surface area contributed by atoms with Gasteiger partial charge in [0.25, 0.3) is 11.8 Å². The average molecular weight is 439 g/mol. The molecule has 0 spiro atoms. The number of hydrogen-bond acceptors (Lipinski definition) is 6. The predicted octanol–water partition coefficient (Wildman–Crippen LogP) is 1.82. The highest BCUT2D eigenvalue weighted by molar-refractivity contribution is 6.19. The van der Waals surface area contributed by atoms with Crippen molar-refractivity contribution in [2.45, 2.75) is 25.7 Å². The smallest absolute Gasteiger partial charge is 0.330 e. The van der Waals surface area contributed by atoms with E-state index in [2.05, 4.69) is 5.32 Å². The average Bonchev–Trinajstić information content (AvgIpc) is 3.04. The van der Waals surface area contributed by atoms with Crippen molar-refractivity contribution in [2.24, 2.45) is 0 Å². The molecule has 2 aromatic carbocycles. The molecule has 1 N–H and O–H groups in total. The highest BCUT2D eigenvalue weighted by Gasteiger charge is 2.52. The summed E-state index contributed by atoms with van der Waals surface area (Å²) in [6.45, 7) is 1.95. The lowest BCUT2D eigenvalue weighted by Crippen LogP contribution is -2.54. The Labute approximate surface area is 185 Å². The standard InChI is InChI=1S/C23H25N3O6/c1-4-32-22-21(29)26(23(30)25(22)14-15-8-6-5-7-9-15)18(20(28)24-2)19(27)16-10-12-17(31-3)13-11-16/h5-13,18,22H,4,14H2,1-3H3,(H,24,28). The first-order chi connectivity index (χ1) is 15.4. The second-order valence-corrected chi connectivity index (χ2v) is 7.02. The van der Waals surface area contributed by atoms with E-state index < -0.39 is 35.9 Å². The van der Waals surface area contributed by atoms with Crippen LogP contribution in [0.15, 0.2) is 54.6 Å². The van der Waals surface area contributed by atoms with Gasteiger partial charge in [0.15, 0.2) is 11.8 Å². The van der Waals surface area contributed by atoms with Crippen LogP contribution in [0.4, 0.5) is 4.79 Å². The molecule has 32 heavy (non-hydrogen) atoms. The number of benzene rings is 2. The minimum atomic E-state index is -1.67. The number of imide groups is 1. The van der Waals surface area contributed by atoms with E-state index in [0.717, 1.165) is 5.56 Å². The van der Waals surface area contributed by atoms with E-state index >= 15 is 0 Å². The number of amides is 4. The van der Waals surface area contributed by atoms with Crippen LogP contribution in [0.25, 0.3) is 0 Å². The zero-order valence-corrected chi connectivity index (χ0v) is 18.1. The van der Waals surface area contributed by atoms with Gasteiger partial charge in [0.2, 0.25) is 6.23 Å². The molecule has 0 radical (unpaired) electrons. The van der Waals surface area contributed by atoms with Crippen molar-refractivity contribution in [1.82, 2.24) is 15.1 Å². The van der Waals surface area contributed by atoms with Crippen LogP contribution in [0.1, 0.15) is 22.8 Å². The lowest BCUT2D eigenvalue weighted by atomic mass is 10.0. The van der Waals surface area contributed by atoms with Gasteiger partial charge in [0.1, 0.15) is 5.75 Å². The van der Waals surface area contributed by atoms with E-state index in [-0.39, 0.29) is 18.7 Å². The number of likely N-dealkylation sites (N-methyl/N-ethyl adjacent to an activating group) is 1. The Morgan fingerprint density at radius 3 is 2.28 bits per heavy atom. The summed E-state index contributed by atoms with van der Waals surface area (Å²) in [5.74, 6) is -1.70. The Balaban J connectivity index is 1.97. The molecule has 2 atom stereocenters. The molecule has 1 fully saturated rings. The van der Waals surface area contributed by atoms with Gasteiger partial charge in [-0.3, -0.25) is 19.3 Å². The van der Waals surface area contributed by atoms with Gasteiger partial charge in [0, 0.05) is 19.2 Å². The number of methoxy groups -OCH3 is 1. The molecule has 1 saturated heterocycles. The third-order valence-corrected chi connectivity index (χ3v) is 5.08. The molecule has 9 heteroatoms. The van der Waals surface area contributed by atoms with Crippen LogP contribution in [-0.4, -0.2) is 66.5 Å². The van der Waals surface area contributed by atoms with Gasteiger partial charge in [-0.05, 0) is 36.8 Å². The van der Waals surface area contributed by atoms with E-state index in [1.54, 1.807) is 19.1 Å². The molecule has 0 bridgehead atoms. The monoisotopic (exact) mass is 439 g/mol. The van der Waals surface area contributed by atoms with Crippen LogP contribution in [0.5, 0.6) is 5.75 Å². The Morgan fingerprint density at radius 2 is 1.72 bits per heavy atom. The quantitative estimate of drug-likeness (QED) is 0.363. The number of Topliss-reactive ketones (excluding diaryl/α,β-unsaturated/α-hetero) is 1. The molecule has 3 rings (SSSR count). The summed E-state index contributed by atoms with van der Waals surface area (Å²) in [6, 6.07) is 12.7. The molecule has 0 aromatic heterocycles. The number of ketones is 1. The van der Waals surface area contributed by atoms with Gasteiger partial charge in [-0.25, -0.2) is 9.69 Å².